The lowest BCUT2D eigenvalue weighted by Gasteiger charge is -2.42. The Hall–Kier alpha value is -1.03. The molecule has 1 aromatic carbocycles. The maximum Gasteiger partial charge on any atom is 0.241 e. The molecule has 1 heterocycles. The first-order valence-electron chi connectivity index (χ1n) is 7.83. The molecule has 2 fully saturated rings. The number of carbonyl (C=O) groups is 1. The molecule has 4 heteroatoms. The van der Waals surface area contributed by atoms with Crippen LogP contribution in [-0.4, -0.2) is 16.0 Å². The molecule has 0 bridgehead atoms. The van der Waals surface area contributed by atoms with Gasteiger partial charge in [0.15, 0.2) is 0 Å². The number of hydrogen-bond acceptors (Lipinski definition) is 2. The third-order valence-electron chi connectivity index (χ3n) is 4.92. The summed E-state index contributed by atoms with van der Waals surface area (Å²) in [6, 6.07) is 6.36. The number of carbonyl (C=O) groups excluding carboxylic acids is 1. The average Bonchev–Trinajstić information content (AvgIpc) is 2.72. The van der Waals surface area contributed by atoms with Crippen molar-refractivity contribution in [2.24, 2.45) is 5.92 Å². The molecule has 0 radical (unpaired) electrons. The van der Waals surface area contributed by atoms with Crippen LogP contribution in [0.5, 0.6) is 0 Å². The number of halogens is 1. The van der Waals surface area contributed by atoms with Gasteiger partial charge in [-0.05, 0) is 62.8 Å². The first-order chi connectivity index (χ1) is 10.1. The zero-order valence-corrected chi connectivity index (χ0v) is 13.5. The highest BCUT2D eigenvalue weighted by Gasteiger charge is 2.51. The lowest BCUT2D eigenvalue weighted by molar-refractivity contribution is -0.118. The highest BCUT2D eigenvalue weighted by molar-refractivity contribution is 8.02. The van der Waals surface area contributed by atoms with Crippen LogP contribution >= 0.6 is 11.8 Å². The highest BCUT2D eigenvalue weighted by atomic mass is 32.2. The van der Waals surface area contributed by atoms with Crippen molar-refractivity contribution in [3.05, 3.63) is 30.1 Å². The molecule has 114 valence electrons. The van der Waals surface area contributed by atoms with Crippen LogP contribution < -0.4 is 4.90 Å². The molecule has 1 spiro atoms. The van der Waals surface area contributed by atoms with Gasteiger partial charge in [0.2, 0.25) is 5.91 Å². The van der Waals surface area contributed by atoms with Gasteiger partial charge in [0, 0.05) is 5.69 Å². The van der Waals surface area contributed by atoms with Gasteiger partial charge in [0.1, 0.15) is 5.82 Å². The number of benzene rings is 1. The molecule has 1 aliphatic heterocycles. The van der Waals surface area contributed by atoms with E-state index < -0.39 is 0 Å². The van der Waals surface area contributed by atoms with Gasteiger partial charge in [0.05, 0.1) is 10.1 Å². The summed E-state index contributed by atoms with van der Waals surface area (Å²) >= 11 is 1.80. The number of thioether (sulfide) groups is 1. The Balaban J connectivity index is 1.91. The lowest BCUT2D eigenvalue weighted by Crippen LogP contribution is -2.47. The normalized spacial score (nSPS) is 32.9. The minimum Gasteiger partial charge on any atom is -0.296 e. The second kappa shape index (κ2) is 5.64. The van der Waals surface area contributed by atoms with Gasteiger partial charge in [-0.15, -0.1) is 11.8 Å². The van der Waals surface area contributed by atoms with Gasteiger partial charge in [-0.3, -0.25) is 9.69 Å². The molecule has 1 saturated heterocycles. The van der Waals surface area contributed by atoms with Crippen LogP contribution in [0.3, 0.4) is 0 Å². The van der Waals surface area contributed by atoms with Crippen LogP contribution in [0.4, 0.5) is 10.1 Å². The molecule has 1 atom stereocenters. The molecule has 1 aliphatic carbocycles. The molecule has 1 aromatic rings. The van der Waals surface area contributed by atoms with Crippen molar-refractivity contribution < 1.29 is 9.18 Å². The van der Waals surface area contributed by atoms with Crippen molar-refractivity contribution in [2.45, 2.75) is 56.1 Å². The summed E-state index contributed by atoms with van der Waals surface area (Å²) in [5.41, 5.74) is 0.841. The number of anilines is 1. The van der Waals surface area contributed by atoms with E-state index in [1.165, 1.54) is 31.4 Å². The topological polar surface area (TPSA) is 20.3 Å². The second-order valence-corrected chi connectivity index (χ2v) is 7.91. The van der Waals surface area contributed by atoms with E-state index in [0.717, 1.165) is 24.4 Å². The molecule has 2 nitrogen and oxygen atoms in total. The highest BCUT2D eigenvalue weighted by Crippen LogP contribution is 2.53. The Labute approximate surface area is 130 Å². The van der Waals surface area contributed by atoms with Gasteiger partial charge >= 0.3 is 0 Å². The summed E-state index contributed by atoms with van der Waals surface area (Å²) in [7, 11) is 0. The molecule has 3 rings (SSSR count). The van der Waals surface area contributed by atoms with E-state index in [-0.39, 0.29) is 21.8 Å². The largest absolute Gasteiger partial charge is 0.296 e. The minimum absolute atomic E-state index is 0.00627. The van der Waals surface area contributed by atoms with Crippen LogP contribution in [0.1, 0.15) is 46.0 Å². The van der Waals surface area contributed by atoms with Crippen molar-refractivity contribution in [3.8, 4) is 0 Å². The first kappa shape index (κ1) is 14.9. The van der Waals surface area contributed by atoms with Gasteiger partial charge in [-0.25, -0.2) is 4.39 Å². The maximum atomic E-state index is 13.2. The minimum atomic E-state index is -0.255. The fourth-order valence-corrected chi connectivity index (χ4v) is 5.28. The number of rotatable bonds is 2. The Morgan fingerprint density at radius 2 is 1.90 bits per heavy atom. The van der Waals surface area contributed by atoms with Crippen LogP contribution in [0.15, 0.2) is 24.3 Å². The van der Waals surface area contributed by atoms with E-state index in [0.29, 0.717) is 0 Å². The van der Waals surface area contributed by atoms with E-state index in [2.05, 4.69) is 6.92 Å². The van der Waals surface area contributed by atoms with E-state index >= 15 is 0 Å². The Morgan fingerprint density at radius 3 is 2.48 bits per heavy atom. The summed E-state index contributed by atoms with van der Waals surface area (Å²) in [6.45, 7) is 4.24. The second-order valence-electron chi connectivity index (χ2n) is 6.21. The van der Waals surface area contributed by atoms with Crippen LogP contribution in [0.25, 0.3) is 0 Å². The van der Waals surface area contributed by atoms with E-state index in [9.17, 15) is 9.18 Å². The molecule has 0 aromatic heterocycles. The Kier molecular flexibility index (Phi) is 4.00. The fraction of sp³-hybridized carbons (Fsp3) is 0.588. The molecule has 0 unspecified atom stereocenters. The Bertz CT molecular complexity index is 522. The molecule has 0 N–H and O–H groups in total. The van der Waals surface area contributed by atoms with E-state index in [1.54, 1.807) is 23.9 Å². The van der Waals surface area contributed by atoms with Gasteiger partial charge in [-0.2, -0.15) is 0 Å². The molecule has 1 amide bonds. The molecular formula is C17H22FNOS. The van der Waals surface area contributed by atoms with Gasteiger partial charge in [-0.1, -0.05) is 13.3 Å². The predicted octanol–water partition coefficient (Wildman–Crippen LogP) is 4.59. The number of amides is 1. The predicted molar refractivity (Wildman–Crippen MR) is 85.9 cm³/mol. The SMILES string of the molecule is CCC1CCC2(CC1)S[C@@H](C)C(=O)N2c1ccc(F)cc1. The molecular weight excluding hydrogens is 285 g/mol. The number of nitrogens with zero attached hydrogens (tertiary/aromatic N) is 1. The van der Waals surface area contributed by atoms with Crippen molar-refractivity contribution in [3.63, 3.8) is 0 Å². The molecule has 1 saturated carbocycles. The summed E-state index contributed by atoms with van der Waals surface area (Å²) in [5, 5.41) is -0.00627. The molecule has 21 heavy (non-hydrogen) atoms. The first-order valence-corrected chi connectivity index (χ1v) is 8.71. The van der Waals surface area contributed by atoms with Crippen molar-refractivity contribution in [2.75, 3.05) is 4.90 Å². The zero-order chi connectivity index (χ0) is 15.0. The smallest absolute Gasteiger partial charge is 0.241 e. The zero-order valence-electron chi connectivity index (χ0n) is 12.6. The summed E-state index contributed by atoms with van der Waals surface area (Å²) in [5.74, 6) is 0.702. The summed E-state index contributed by atoms with van der Waals surface area (Å²) < 4.78 is 13.2. The lowest BCUT2D eigenvalue weighted by atomic mass is 9.83. The van der Waals surface area contributed by atoms with Crippen LogP contribution in [0.2, 0.25) is 0 Å². The monoisotopic (exact) mass is 307 g/mol. The standard InChI is InChI=1S/C17H22FNOS/c1-3-13-8-10-17(11-9-13)19(16(20)12(2)21-17)15-6-4-14(18)5-7-15/h4-7,12-13H,3,8-11H2,1-2H3/t12-,13?,17?/m0/s1. The van der Waals surface area contributed by atoms with Gasteiger partial charge in [0.25, 0.3) is 0 Å². The van der Waals surface area contributed by atoms with Crippen molar-refractivity contribution in [1.82, 2.24) is 0 Å². The molecule has 2 aliphatic rings. The summed E-state index contributed by atoms with van der Waals surface area (Å²) in [4.78, 5) is 14.5. The third-order valence-corrected chi connectivity index (χ3v) is 6.51. The number of hydrogen-bond donors (Lipinski definition) is 0. The van der Waals surface area contributed by atoms with E-state index in [1.807, 2.05) is 11.8 Å². The third kappa shape index (κ3) is 2.59. The van der Waals surface area contributed by atoms with E-state index in [4.69, 9.17) is 0 Å². The van der Waals surface area contributed by atoms with Crippen molar-refractivity contribution in [1.29, 1.82) is 0 Å². The fourth-order valence-electron chi connectivity index (χ4n) is 3.65. The average molecular weight is 307 g/mol. The Morgan fingerprint density at radius 1 is 1.29 bits per heavy atom. The summed E-state index contributed by atoms with van der Waals surface area (Å²) in [6.07, 6.45) is 5.68. The van der Waals surface area contributed by atoms with Crippen LogP contribution in [-0.2, 0) is 4.79 Å². The van der Waals surface area contributed by atoms with Crippen molar-refractivity contribution >= 4 is 23.4 Å². The quantitative estimate of drug-likeness (QED) is 0.796. The van der Waals surface area contributed by atoms with Crippen LogP contribution in [0, 0.1) is 11.7 Å². The maximum absolute atomic E-state index is 13.2. The van der Waals surface area contributed by atoms with Gasteiger partial charge < -0.3 is 0 Å².